The number of fused-ring (bicyclic) bond motifs is 1. The minimum atomic E-state index is -1.48. The van der Waals surface area contributed by atoms with Gasteiger partial charge in [0.1, 0.15) is 0 Å². The first-order valence-electron chi connectivity index (χ1n) is 5.54. The highest BCUT2D eigenvalue weighted by Crippen LogP contribution is 2.49. The van der Waals surface area contributed by atoms with Crippen molar-refractivity contribution in [1.29, 1.82) is 0 Å². The summed E-state index contributed by atoms with van der Waals surface area (Å²) in [5, 5.41) is 2.81. The van der Waals surface area contributed by atoms with Gasteiger partial charge in [-0.2, -0.15) is 0 Å². The van der Waals surface area contributed by atoms with E-state index < -0.39 is 6.04 Å². The fourth-order valence-electron chi connectivity index (χ4n) is 2.41. The van der Waals surface area contributed by atoms with Crippen molar-refractivity contribution in [2.24, 2.45) is 0 Å². The highest BCUT2D eigenvalue weighted by molar-refractivity contribution is 8.22. The van der Waals surface area contributed by atoms with Gasteiger partial charge in [-0.15, -0.1) is 0 Å². The summed E-state index contributed by atoms with van der Waals surface area (Å²) in [6.07, 6.45) is 2.31. The van der Waals surface area contributed by atoms with Gasteiger partial charge in [0.05, 0.1) is 0 Å². The zero-order valence-corrected chi connectivity index (χ0v) is 10.7. The molecule has 0 spiro atoms. The molecule has 80 valence electrons. The van der Waals surface area contributed by atoms with E-state index in [-0.39, 0.29) is 0 Å². The Morgan fingerprint density at radius 3 is 2.38 bits per heavy atom. The molecule has 0 N–H and O–H groups in total. The lowest BCUT2D eigenvalue weighted by molar-refractivity contribution is 1.20. The smallest absolute Gasteiger partial charge is 0.0111 e. The summed E-state index contributed by atoms with van der Waals surface area (Å²) in [6.45, 7) is 0. The van der Waals surface area contributed by atoms with Crippen LogP contribution in [0.3, 0.4) is 0 Å². The van der Waals surface area contributed by atoms with Crippen molar-refractivity contribution in [3.05, 3.63) is 60.2 Å². The molecule has 0 unspecified atom stereocenters. The average Bonchev–Trinajstić information content (AvgIpc) is 2.71. The largest absolute Gasteiger partial charge is 0.0876 e. The van der Waals surface area contributed by atoms with Crippen molar-refractivity contribution in [3.63, 3.8) is 0 Å². The molecule has 0 aliphatic carbocycles. The van der Waals surface area contributed by atoms with Crippen molar-refractivity contribution < 1.29 is 0 Å². The van der Waals surface area contributed by atoms with Crippen LogP contribution in [0.4, 0.5) is 0 Å². The van der Waals surface area contributed by atoms with Gasteiger partial charge in [0.25, 0.3) is 0 Å². The molecule has 3 rings (SSSR count). The van der Waals surface area contributed by atoms with Crippen molar-refractivity contribution in [1.82, 2.24) is 0 Å². The number of rotatable bonds is 1. The van der Waals surface area contributed by atoms with Gasteiger partial charge in [0.15, 0.2) is 0 Å². The first kappa shape index (κ1) is 10.3. The molecule has 0 aromatic heterocycles. The Kier molecular flexibility index (Phi) is 2.46. The molecule has 1 heterocycles. The molecule has 2 aromatic rings. The van der Waals surface area contributed by atoms with Gasteiger partial charge in [0, 0.05) is 6.04 Å². The Morgan fingerprint density at radius 2 is 1.56 bits per heavy atom. The second-order valence-corrected chi connectivity index (χ2v) is 8.97. The first-order chi connectivity index (χ1) is 7.81. The second-order valence-electron chi connectivity index (χ2n) is 4.18. The van der Waals surface area contributed by atoms with Crippen molar-refractivity contribution >= 4 is 28.5 Å². The van der Waals surface area contributed by atoms with E-state index >= 15 is 0 Å². The third kappa shape index (κ3) is 1.47. The summed E-state index contributed by atoms with van der Waals surface area (Å²) in [4.78, 5) is 0. The fourth-order valence-corrected chi connectivity index (χ4v) is 6.55. The summed E-state index contributed by atoms with van der Waals surface area (Å²) < 4.78 is 0. The van der Waals surface area contributed by atoms with Crippen LogP contribution in [0.2, 0.25) is 0 Å². The Bertz CT molecular complexity index is 560. The third-order valence-corrected chi connectivity index (χ3v) is 8.22. The zero-order valence-electron chi connectivity index (χ0n) is 8.97. The molecule has 0 nitrogen and oxygen atoms in total. The van der Waals surface area contributed by atoms with Crippen LogP contribution in [0.1, 0.15) is 5.56 Å². The molecule has 0 amide bonds. The third-order valence-electron chi connectivity index (χ3n) is 3.25. The quantitative estimate of drug-likeness (QED) is 0.695. The standard InChI is InChI=1S/C14H13PS/c16-15(13-7-2-1-3-8-13)11-10-12-6-4-5-9-14(12)15/h1-9H,10-11H2/t15-/m1/s1. The predicted molar refractivity (Wildman–Crippen MR) is 75.0 cm³/mol. The Labute approximate surface area is 101 Å². The van der Waals surface area contributed by atoms with E-state index in [1.807, 2.05) is 0 Å². The summed E-state index contributed by atoms with van der Waals surface area (Å²) in [6, 6.07) is 17.9. The molecule has 1 aliphatic rings. The zero-order chi connectivity index (χ0) is 11.0. The molecule has 0 bridgehead atoms. The normalized spacial score (nSPS) is 23.0. The van der Waals surface area contributed by atoms with E-state index in [2.05, 4.69) is 54.6 Å². The molecule has 0 saturated heterocycles. The Balaban J connectivity index is 2.20. The van der Waals surface area contributed by atoms with E-state index in [4.69, 9.17) is 11.8 Å². The van der Waals surface area contributed by atoms with Gasteiger partial charge < -0.3 is 0 Å². The van der Waals surface area contributed by atoms with Crippen molar-refractivity contribution in [3.8, 4) is 0 Å². The Hall–Kier alpha value is -0.910. The van der Waals surface area contributed by atoms with Crippen LogP contribution in [-0.2, 0) is 18.2 Å². The lowest BCUT2D eigenvalue weighted by atomic mass is 10.2. The maximum Gasteiger partial charge on any atom is 0.0111 e. The molecule has 16 heavy (non-hydrogen) atoms. The molecule has 0 saturated carbocycles. The molecule has 1 aliphatic heterocycles. The van der Waals surface area contributed by atoms with Gasteiger partial charge in [-0.25, -0.2) is 0 Å². The number of aryl methyl sites for hydroxylation is 1. The van der Waals surface area contributed by atoms with Crippen LogP contribution in [-0.4, -0.2) is 6.16 Å². The second kappa shape index (κ2) is 3.84. The van der Waals surface area contributed by atoms with Gasteiger partial charge in [-0.3, -0.25) is 0 Å². The molecular formula is C14H13PS. The molecule has 2 aromatic carbocycles. The van der Waals surface area contributed by atoms with Crippen LogP contribution >= 0.6 is 6.04 Å². The van der Waals surface area contributed by atoms with Gasteiger partial charge in [-0.05, 0) is 28.8 Å². The highest BCUT2D eigenvalue weighted by atomic mass is 32.4. The maximum atomic E-state index is 6.00. The van der Waals surface area contributed by atoms with Gasteiger partial charge in [0.2, 0.25) is 0 Å². The maximum absolute atomic E-state index is 6.00. The summed E-state index contributed by atoms with van der Waals surface area (Å²) >= 11 is 6.00. The fraction of sp³-hybridized carbons (Fsp3) is 0.143. The average molecular weight is 244 g/mol. The topological polar surface area (TPSA) is 0 Å². The van der Waals surface area contributed by atoms with Gasteiger partial charge in [-0.1, -0.05) is 66.4 Å². The summed E-state index contributed by atoms with van der Waals surface area (Å²) in [5.41, 5.74) is 1.47. The molecular weight excluding hydrogens is 231 g/mol. The number of hydrogen-bond acceptors (Lipinski definition) is 1. The van der Waals surface area contributed by atoms with E-state index in [9.17, 15) is 0 Å². The van der Waals surface area contributed by atoms with Gasteiger partial charge >= 0.3 is 0 Å². The minimum absolute atomic E-state index is 1.16. The van der Waals surface area contributed by atoms with Crippen LogP contribution in [0.15, 0.2) is 54.6 Å². The van der Waals surface area contributed by atoms with Crippen LogP contribution in [0, 0.1) is 0 Å². The van der Waals surface area contributed by atoms with E-state index in [1.54, 1.807) is 0 Å². The first-order valence-corrected chi connectivity index (χ1v) is 8.53. The highest BCUT2D eigenvalue weighted by Gasteiger charge is 2.29. The minimum Gasteiger partial charge on any atom is -0.0876 e. The monoisotopic (exact) mass is 244 g/mol. The summed E-state index contributed by atoms with van der Waals surface area (Å²) in [5.74, 6) is 0. The van der Waals surface area contributed by atoms with E-state index in [1.165, 1.54) is 16.2 Å². The van der Waals surface area contributed by atoms with Crippen molar-refractivity contribution in [2.75, 3.05) is 6.16 Å². The lowest BCUT2D eigenvalue weighted by Crippen LogP contribution is -2.14. The van der Waals surface area contributed by atoms with Crippen LogP contribution < -0.4 is 10.6 Å². The van der Waals surface area contributed by atoms with Crippen molar-refractivity contribution in [2.45, 2.75) is 6.42 Å². The molecule has 2 heteroatoms. The number of hydrogen-bond donors (Lipinski definition) is 0. The lowest BCUT2D eigenvalue weighted by Gasteiger charge is -2.17. The van der Waals surface area contributed by atoms with Crippen LogP contribution in [0.25, 0.3) is 0 Å². The molecule has 1 atom stereocenters. The molecule has 0 fully saturated rings. The summed E-state index contributed by atoms with van der Waals surface area (Å²) in [7, 11) is 0. The van der Waals surface area contributed by atoms with Crippen LogP contribution in [0.5, 0.6) is 0 Å². The predicted octanol–water partition coefficient (Wildman–Crippen LogP) is 2.67. The SMILES string of the molecule is S=[P@@]1(c2ccccc2)CCc2ccccc21. The van der Waals surface area contributed by atoms with E-state index in [0.29, 0.717) is 0 Å². The van der Waals surface area contributed by atoms with E-state index in [0.717, 1.165) is 12.6 Å². The molecule has 0 radical (unpaired) electrons. The Morgan fingerprint density at radius 1 is 0.875 bits per heavy atom. The number of benzene rings is 2.